The highest BCUT2D eigenvalue weighted by Gasteiger charge is 2.58. The number of fused-ring (bicyclic) bond motifs is 1. The lowest BCUT2D eigenvalue weighted by molar-refractivity contribution is -0.170. The summed E-state index contributed by atoms with van der Waals surface area (Å²) in [6, 6.07) is 1.27. The zero-order valence-corrected chi connectivity index (χ0v) is 26.0. The van der Waals surface area contributed by atoms with Gasteiger partial charge in [0.15, 0.2) is 30.2 Å². The van der Waals surface area contributed by atoms with Gasteiger partial charge in [0, 0.05) is 19.2 Å². The van der Waals surface area contributed by atoms with Crippen LogP contribution < -0.4 is 17.2 Å². The summed E-state index contributed by atoms with van der Waals surface area (Å²) >= 11 is 0. The van der Waals surface area contributed by atoms with Gasteiger partial charge in [0.1, 0.15) is 53.8 Å². The Labute approximate surface area is 263 Å². The van der Waals surface area contributed by atoms with Gasteiger partial charge in [-0.05, 0) is 12.5 Å². The summed E-state index contributed by atoms with van der Waals surface area (Å²) < 4.78 is 61.1. The molecule has 22 nitrogen and oxygen atoms in total. The summed E-state index contributed by atoms with van der Waals surface area (Å²) in [5.74, 6) is -0.0563. The number of anilines is 2. The fourth-order valence-electron chi connectivity index (χ4n) is 5.66. The number of nitrogens with zero attached hydrogens (tertiary/aromatic N) is 6. The van der Waals surface area contributed by atoms with Crippen molar-refractivity contribution < 1.29 is 62.0 Å². The van der Waals surface area contributed by atoms with Crippen LogP contribution in [0.4, 0.5) is 11.6 Å². The number of phosphoric ester groups is 1. The van der Waals surface area contributed by atoms with Crippen molar-refractivity contribution in [3.8, 4) is 0 Å². The van der Waals surface area contributed by atoms with Crippen molar-refractivity contribution in [3.05, 3.63) is 35.4 Å². The van der Waals surface area contributed by atoms with Crippen LogP contribution in [0.25, 0.3) is 11.2 Å². The van der Waals surface area contributed by atoms with E-state index in [-0.39, 0.29) is 22.8 Å². The van der Waals surface area contributed by atoms with Crippen LogP contribution in [0.5, 0.6) is 0 Å². The normalized spacial score (nSPS) is 32.7. The number of ether oxygens (including phenoxy) is 4. The molecule has 0 saturated carbocycles. The van der Waals surface area contributed by atoms with Crippen molar-refractivity contribution in [3.63, 3.8) is 0 Å². The first-order valence-electron chi connectivity index (χ1n) is 14.1. The number of nitrogens with two attached hydrogens (primary N) is 2. The van der Waals surface area contributed by atoms with Gasteiger partial charge in [0.25, 0.3) is 0 Å². The van der Waals surface area contributed by atoms with Crippen molar-refractivity contribution in [1.29, 1.82) is 0 Å². The van der Waals surface area contributed by atoms with Crippen molar-refractivity contribution in [2.45, 2.75) is 67.8 Å². The molecule has 3 aromatic rings. The molecule has 0 spiro atoms. The Kier molecular flexibility index (Phi) is 9.50. The van der Waals surface area contributed by atoms with Gasteiger partial charge in [0.05, 0.1) is 19.5 Å². The molecule has 0 radical (unpaired) electrons. The Balaban J connectivity index is 1.27. The predicted octanol–water partition coefficient (Wildman–Crippen LogP) is -2.03. The van der Waals surface area contributed by atoms with E-state index in [1.807, 2.05) is 0 Å². The molecule has 3 aliphatic rings. The lowest BCUT2D eigenvalue weighted by atomic mass is 10.1. The SMILES string of the molecule is Nc1ccn([C@@H]2O[C@H](COP(=O)(O)O)[C@@H](P(=O)(O)OC[C@H]3O[C@@H](n4cnc5c(N)ncnc54)[C@H](O)[C@@H]3O)[C@H]2OC2CCCO2)c(=O)n1. The first-order chi connectivity index (χ1) is 22.2. The number of nitrogen functional groups attached to an aromatic ring is 2. The van der Waals surface area contributed by atoms with Gasteiger partial charge in [-0.3, -0.25) is 18.2 Å². The van der Waals surface area contributed by atoms with Crippen molar-refractivity contribution >= 4 is 38.2 Å². The van der Waals surface area contributed by atoms with Crippen molar-refractivity contribution in [2.75, 3.05) is 31.3 Å². The largest absolute Gasteiger partial charge is 0.469 e. The van der Waals surface area contributed by atoms with Crippen LogP contribution in [-0.4, -0.2) is 116 Å². The van der Waals surface area contributed by atoms with Crippen LogP contribution in [0.15, 0.2) is 29.7 Å². The van der Waals surface area contributed by atoms with Gasteiger partial charge < -0.3 is 59.8 Å². The van der Waals surface area contributed by atoms with E-state index in [9.17, 15) is 38.8 Å². The highest BCUT2D eigenvalue weighted by atomic mass is 31.2. The van der Waals surface area contributed by atoms with Crippen LogP contribution in [0.2, 0.25) is 0 Å². The molecule has 47 heavy (non-hydrogen) atoms. The number of aliphatic hydroxyl groups is 2. The smallest absolute Gasteiger partial charge is 0.387 e. The zero-order chi connectivity index (χ0) is 33.7. The van der Waals surface area contributed by atoms with Crippen LogP contribution in [0.3, 0.4) is 0 Å². The summed E-state index contributed by atoms with van der Waals surface area (Å²) in [7, 11) is -10.1. The molecule has 24 heteroatoms. The van der Waals surface area contributed by atoms with E-state index in [1.165, 1.54) is 29.5 Å². The highest BCUT2D eigenvalue weighted by Crippen LogP contribution is 2.58. The average Bonchev–Trinajstić information content (AvgIpc) is 3.79. The van der Waals surface area contributed by atoms with E-state index in [2.05, 4.69) is 24.5 Å². The molecule has 258 valence electrons. The minimum absolute atomic E-state index is 0.0639. The van der Waals surface area contributed by atoms with Crippen molar-refractivity contribution in [1.82, 2.24) is 29.1 Å². The standard InChI is InChI=1S/C23H32N8O14P2/c24-12-3-4-30(23(34)29-12)22-17(45-13-2-1-5-40-13)18(11(44-22)7-42-47(37,38)39)46(35,36)41-6-10-15(32)16(33)21(43-10)31-9-28-14-19(25)26-8-27-20(14)31/h3-4,8-11,13,15-18,21-22,32-33H,1-2,5-7H2,(H,35,36)(H2,24,29,34)(H2,25,26,27)(H2,37,38,39)/t10-,11-,13?,15-,16-,17-,18-,21-,22-/m1/s1. The highest BCUT2D eigenvalue weighted by molar-refractivity contribution is 7.53. The number of aromatic nitrogens is 6. The Morgan fingerprint density at radius 3 is 2.43 bits per heavy atom. The summed E-state index contributed by atoms with van der Waals surface area (Å²) in [5, 5.41) is 21.6. The Morgan fingerprint density at radius 1 is 0.979 bits per heavy atom. The summed E-state index contributed by atoms with van der Waals surface area (Å²) in [6.45, 7) is -1.38. The Morgan fingerprint density at radius 2 is 1.72 bits per heavy atom. The van der Waals surface area contributed by atoms with E-state index in [4.69, 9.17) is 34.9 Å². The molecule has 6 rings (SSSR count). The molecule has 0 aliphatic carbocycles. The third-order valence-electron chi connectivity index (χ3n) is 7.84. The molecule has 3 aliphatic heterocycles. The third kappa shape index (κ3) is 6.97. The number of imidazole rings is 1. The zero-order valence-electron chi connectivity index (χ0n) is 24.2. The summed E-state index contributed by atoms with van der Waals surface area (Å²) in [5.41, 5.74) is 9.18. The Hall–Kier alpha value is -2.95. The van der Waals surface area contributed by atoms with Crippen LogP contribution >= 0.6 is 15.4 Å². The number of hydrogen-bond donors (Lipinski definition) is 7. The molecule has 2 unspecified atom stereocenters. The predicted molar refractivity (Wildman–Crippen MR) is 154 cm³/mol. The van der Waals surface area contributed by atoms with E-state index < -0.39 is 89.2 Å². The molecule has 6 heterocycles. The second kappa shape index (κ2) is 13.2. The molecule has 0 aromatic carbocycles. The lowest BCUT2D eigenvalue weighted by Crippen LogP contribution is -2.41. The molecular weight excluding hydrogens is 674 g/mol. The molecule has 3 fully saturated rings. The molecule has 3 aromatic heterocycles. The molecule has 10 atom stereocenters. The Bertz CT molecular complexity index is 1750. The minimum atomic E-state index is -5.11. The molecule has 3 saturated heterocycles. The van der Waals surface area contributed by atoms with Crippen LogP contribution in [0.1, 0.15) is 25.3 Å². The summed E-state index contributed by atoms with van der Waals surface area (Å²) in [6.07, 6.45) is -6.71. The monoisotopic (exact) mass is 706 g/mol. The second-order valence-electron chi connectivity index (χ2n) is 10.9. The first kappa shape index (κ1) is 33.9. The van der Waals surface area contributed by atoms with Gasteiger partial charge in [-0.2, -0.15) is 4.98 Å². The topological polar surface area (TPSA) is 321 Å². The maximum Gasteiger partial charge on any atom is 0.469 e. The second-order valence-corrected chi connectivity index (χ2v) is 14.1. The average molecular weight is 706 g/mol. The van der Waals surface area contributed by atoms with E-state index in [0.29, 0.717) is 19.4 Å². The molecule has 0 bridgehead atoms. The van der Waals surface area contributed by atoms with Gasteiger partial charge in [0.2, 0.25) is 0 Å². The fourth-order valence-corrected chi connectivity index (χ4v) is 7.70. The van der Waals surface area contributed by atoms with E-state index >= 15 is 0 Å². The summed E-state index contributed by atoms with van der Waals surface area (Å²) in [4.78, 5) is 58.6. The van der Waals surface area contributed by atoms with E-state index in [0.717, 1.165) is 4.57 Å². The maximum absolute atomic E-state index is 14.0. The minimum Gasteiger partial charge on any atom is -0.387 e. The lowest BCUT2D eigenvalue weighted by Gasteiger charge is -2.30. The number of aliphatic hydroxyl groups excluding tert-OH is 2. The third-order valence-corrected chi connectivity index (χ3v) is 10.2. The fraction of sp³-hybridized carbons (Fsp3) is 0.609. The van der Waals surface area contributed by atoms with E-state index in [1.54, 1.807) is 0 Å². The molecular formula is C23H32N8O14P2. The van der Waals surface area contributed by atoms with Gasteiger partial charge >= 0.3 is 21.1 Å². The first-order valence-corrected chi connectivity index (χ1v) is 17.3. The molecule has 9 N–H and O–H groups in total. The van der Waals surface area contributed by atoms with Crippen LogP contribution in [0, 0.1) is 0 Å². The van der Waals surface area contributed by atoms with Crippen LogP contribution in [-0.2, 0) is 37.1 Å². The number of hydrogen-bond acceptors (Lipinski definition) is 17. The quantitative estimate of drug-likeness (QED) is 0.106. The maximum atomic E-state index is 14.0. The van der Waals surface area contributed by atoms with Gasteiger partial charge in [-0.25, -0.2) is 24.3 Å². The number of phosphoric acid groups is 1. The molecule has 0 amide bonds. The number of rotatable bonds is 11. The van der Waals surface area contributed by atoms with Gasteiger partial charge in [-0.15, -0.1) is 0 Å². The van der Waals surface area contributed by atoms with Gasteiger partial charge in [-0.1, -0.05) is 0 Å². The van der Waals surface area contributed by atoms with Crippen molar-refractivity contribution in [2.24, 2.45) is 0 Å².